The van der Waals surface area contributed by atoms with Crippen LogP contribution in [0.3, 0.4) is 0 Å². The molecule has 1 aromatic heterocycles. The van der Waals surface area contributed by atoms with E-state index in [-0.39, 0.29) is 17.5 Å². The van der Waals surface area contributed by atoms with E-state index in [0.29, 0.717) is 31.8 Å². The lowest BCUT2D eigenvalue weighted by Crippen LogP contribution is -2.38. The smallest absolute Gasteiger partial charge is 0.270 e. The van der Waals surface area contributed by atoms with Crippen LogP contribution in [-0.2, 0) is 6.42 Å². The lowest BCUT2D eigenvalue weighted by atomic mass is 9.99. The first-order valence-corrected chi connectivity index (χ1v) is 12.3. The molecule has 2 aromatic carbocycles. The van der Waals surface area contributed by atoms with Gasteiger partial charge in [-0.25, -0.2) is 0 Å². The molecule has 0 aliphatic carbocycles. The Kier molecular flexibility index (Phi) is 7.46. The van der Waals surface area contributed by atoms with Gasteiger partial charge in [0.1, 0.15) is 5.82 Å². The normalized spacial score (nSPS) is 16.5. The Morgan fingerprint density at radius 1 is 1.09 bits per heavy atom. The molecule has 6 nitrogen and oxygen atoms in total. The third-order valence-corrected chi connectivity index (χ3v) is 6.77. The van der Waals surface area contributed by atoms with E-state index in [1.165, 1.54) is 5.56 Å². The van der Waals surface area contributed by atoms with Crippen molar-refractivity contribution in [2.75, 3.05) is 13.1 Å². The lowest BCUT2D eigenvalue weighted by molar-refractivity contribution is 0.0783. The molecule has 1 N–H and O–H groups in total. The SMILES string of the molecule is CCCCc1nc(O)c(C(=O)N2CC[C@H](c3ccccc3)C2)c(=O)n1C(CC)c1ccccc1. The molecule has 1 aliphatic rings. The van der Waals surface area contributed by atoms with Crippen LogP contribution in [0.25, 0.3) is 0 Å². The molecule has 0 saturated carbocycles. The monoisotopic (exact) mass is 459 g/mol. The van der Waals surface area contributed by atoms with E-state index in [1.54, 1.807) is 9.47 Å². The van der Waals surface area contributed by atoms with Crippen LogP contribution in [0.5, 0.6) is 5.88 Å². The minimum Gasteiger partial charge on any atom is -0.493 e. The van der Waals surface area contributed by atoms with Gasteiger partial charge in [0.05, 0.1) is 6.04 Å². The van der Waals surface area contributed by atoms with E-state index in [4.69, 9.17) is 0 Å². The van der Waals surface area contributed by atoms with Crippen molar-refractivity contribution in [3.63, 3.8) is 0 Å². The molecule has 4 rings (SSSR count). The molecule has 2 heterocycles. The number of unbranched alkanes of at least 4 members (excludes halogenated alkanes) is 1. The standard InChI is InChI=1S/C28H33N3O3/c1-3-5-16-24-29-26(32)25(28(34)31(24)23(4-2)21-14-10-7-11-15-21)27(33)30-18-17-22(19-30)20-12-8-6-9-13-20/h6-15,22-23,32H,3-5,16-19H2,1-2H3/t22-,23?/m0/s1. The first-order chi connectivity index (χ1) is 16.5. The van der Waals surface area contributed by atoms with Gasteiger partial charge in [0.15, 0.2) is 5.56 Å². The average molecular weight is 460 g/mol. The lowest BCUT2D eigenvalue weighted by Gasteiger charge is -2.24. The minimum absolute atomic E-state index is 0.219. The second-order valence-corrected chi connectivity index (χ2v) is 8.99. The number of aryl methyl sites for hydroxylation is 1. The molecule has 1 unspecified atom stereocenters. The summed E-state index contributed by atoms with van der Waals surface area (Å²) in [4.78, 5) is 33.4. The summed E-state index contributed by atoms with van der Waals surface area (Å²) in [5, 5.41) is 10.8. The number of aromatic hydroxyl groups is 1. The summed E-state index contributed by atoms with van der Waals surface area (Å²) in [5.41, 5.74) is 1.49. The molecular weight excluding hydrogens is 426 g/mol. The van der Waals surface area contributed by atoms with Crippen LogP contribution < -0.4 is 5.56 Å². The van der Waals surface area contributed by atoms with Crippen molar-refractivity contribution in [2.24, 2.45) is 0 Å². The van der Waals surface area contributed by atoms with Crippen molar-refractivity contribution >= 4 is 5.91 Å². The van der Waals surface area contributed by atoms with Crippen molar-refractivity contribution < 1.29 is 9.90 Å². The summed E-state index contributed by atoms with van der Waals surface area (Å²) in [6.07, 6.45) is 3.84. The topological polar surface area (TPSA) is 75.4 Å². The maximum atomic E-state index is 13.8. The highest BCUT2D eigenvalue weighted by Crippen LogP contribution is 2.29. The summed E-state index contributed by atoms with van der Waals surface area (Å²) in [6, 6.07) is 19.7. The van der Waals surface area contributed by atoms with Gasteiger partial charge in [-0.1, -0.05) is 80.9 Å². The number of rotatable bonds is 8. The van der Waals surface area contributed by atoms with Gasteiger partial charge in [0.2, 0.25) is 5.88 Å². The van der Waals surface area contributed by atoms with E-state index in [0.717, 1.165) is 24.8 Å². The molecule has 34 heavy (non-hydrogen) atoms. The number of nitrogens with zero attached hydrogens (tertiary/aromatic N) is 3. The quantitative estimate of drug-likeness (QED) is 0.519. The first-order valence-electron chi connectivity index (χ1n) is 12.3. The Hall–Kier alpha value is -3.41. The van der Waals surface area contributed by atoms with Crippen molar-refractivity contribution in [3.05, 3.63) is 93.5 Å². The fraction of sp³-hybridized carbons (Fsp3) is 0.393. The molecule has 1 fully saturated rings. The van der Waals surface area contributed by atoms with Crippen molar-refractivity contribution in [1.29, 1.82) is 0 Å². The van der Waals surface area contributed by atoms with E-state index in [9.17, 15) is 14.7 Å². The third kappa shape index (κ3) is 4.76. The summed E-state index contributed by atoms with van der Waals surface area (Å²) >= 11 is 0. The van der Waals surface area contributed by atoms with Crippen LogP contribution in [0.15, 0.2) is 65.5 Å². The first kappa shape index (κ1) is 23.7. The van der Waals surface area contributed by atoms with Gasteiger partial charge in [-0.3, -0.25) is 14.2 Å². The summed E-state index contributed by atoms with van der Waals surface area (Å²) in [6.45, 7) is 5.16. The summed E-state index contributed by atoms with van der Waals surface area (Å²) in [7, 11) is 0. The third-order valence-electron chi connectivity index (χ3n) is 6.77. The predicted octanol–water partition coefficient (Wildman–Crippen LogP) is 4.92. The Morgan fingerprint density at radius 3 is 2.41 bits per heavy atom. The Bertz CT molecular complexity index is 1170. The zero-order chi connectivity index (χ0) is 24.1. The van der Waals surface area contributed by atoms with Gasteiger partial charge >= 0.3 is 0 Å². The maximum absolute atomic E-state index is 13.8. The summed E-state index contributed by atoms with van der Waals surface area (Å²) in [5.74, 6) is -0.144. The molecule has 0 radical (unpaired) electrons. The number of carbonyl (C=O) groups excluding carboxylic acids is 1. The van der Waals surface area contributed by atoms with Crippen molar-refractivity contribution in [1.82, 2.24) is 14.5 Å². The highest BCUT2D eigenvalue weighted by molar-refractivity contribution is 5.96. The van der Waals surface area contributed by atoms with E-state index >= 15 is 0 Å². The number of amides is 1. The van der Waals surface area contributed by atoms with Crippen molar-refractivity contribution in [2.45, 2.75) is 57.9 Å². The second-order valence-electron chi connectivity index (χ2n) is 8.99. The Morgan fingerprint density at radius 2 is 1.76 bits per heavy atom. The second kappa shape index (κ2) is 10.7. The molecule has 2 atom stereocenters. The average Bonchev–Trinajstić information content (AvgIpc) is 3.36. The van der Waals surface area contributed by atoms with Crippen LogP contribution in [0, 0.1) is 0 Å². The van der Waals surface area contributed by atoms with Crippen molar-refractivity contribution in [3.8, 4) is 5.88 Å². The minimum atomic E-state index is -0.456. The zero-order valence-corrected chi connectivity index (χ0v) is 20.0. The maximum Gasteiger partial charge on any atom is 0.270 e. The van der Waals surface area contributed by atoms with Crippen LogP contribution in [-0.4, -0.2) is 38.6 Å². The number of carbonyl (C=O) groups is 1. The van der Waals surface area contributed by atoms with Crippen LogP contribution >= 0.6 is 0 Å². The van der Waals surface area contributed by atoms with Gasteiger partial charge in [-0.2, -0.15) is 4.98 Å². The number of aromatic nitrogens is 2. The molecular formula is C28H33N3O3. The van der Waals surface area contributed by atoms with Crippen LogP contribution in [0.1, 0.15) is 78.8 Å². The molecule has 178 valence electrons. The fourth-order valence-electron chi connectivity index (χ4n) is 4.93. The van der Waals surface area contributed by atoms with E-state index in [2.05, 4.69) is 24.0 Å². The number of likely N-dealkylation sites (tertiary alicyclic amines) is 1. The number of hydrogen-bond donors (Lipinski definition) is 1. The Balaban J connectivity index is 1.72. The van der Waals surface area contributed by atoms with Gasteiger partial charge in [0, 0.05) is 25.4 Å². The molecule has 0 spiro atoms. The molecule has 6 heteroatoms. The van der Waals surface area contributed by atoms with Gasteiger partial charge in [-0.05, 0) is 30.4 Å². The highest BCUT2D eigenvalue weighted by Gasteiger charge is 2.33. The largest absolute Gasteiger partial charge is 0.493 e. The molecule has 1 aliphatic heterocycles. The predicted molar refractivity (Wildman–Crippen MR) is 133 cm³/mol. The van der Waals surface area contributed by atoms with Gasteiger partial charge in [0.25, 0.3) is 11.5 Å². The number of benzene rings is 2. The Labute approximate surface area is 200 Å². The molecule has 3 aromatic rings. The highest BCUT2D eigenvalue weighted by atomic mass is 16.3. The summed E-state index contributed by atoms with van der Waals surface area (Å²) < 4.78 is 1.64. The van der Waals surface area contributed by atoms with Crippen LogP contribution in [0.2, 0.25) is 0 Å². The van der Waals surface area contributed by atoms with Crippen LogP contribution in [0.4, 0.5) is 0 Å². The zero-order valence-electron chi connectivity index (χ0n) is 20.0. The number of hydrogen-bond acceptors (Lipinski definition) is 4. The van der Waals surface area contributed by atoms with Gasteiger partial charge < -0.3 is 10.0 Å². The van der Waals surface area contributed by atoms with E-state index < -0.39 is 17.3 Å². The van der Waals surface area contributed by atoms with E-state index in [1.807, 2.05) is 55.5 Å². The fourth-order valence-corrected chi connectivity index (χ4v) is 4.93. The molecule has 1 amide bonds. The molecule has 1 saturated heterocycles. The molecule has 0 bridgehead atoms. The van der Waals surface area contributed by atoms with Gasteiger partial charge in [-0.15, -0.1) is 0 Å².